The van der Waals surface area contributed by atoms with Crippen molar-refractivity contribution < 1.29 is 9.32 Å². The molecule has 1 aromatic heterocycles. The van der Waals surface area contributed by atoms with Crippen molar-refractivity contribution in [3.63, 3.8) is 0 Å². The fraction of sp³-hybridized carbons (Fsp3) is 0.111. The van der Waals surface area contributed by atoms with Crippen molar-refractivity contribution in [3.8, 4) is 11.3 Å². The van der Waals surface area contributed by atoms with Crippen LogP contribution in [0.4, 0.5) is 5.69 Å². The molecule has 0 aliphatic rings. The number of hydrogen-bond donors (Lipinski definition) is 1. The number of hydrogen-bond acceptors (Lipinski definition) is 3. The van der Waals surface area contributed by atoms with E-state index < -0.39 is 0 Å². The second-order valence-corrected chi connectivity index (χ2v) is 6.14. The zero-order valence-electron chi connectivity index (χ0n) is 13.1. The van der Waals surface area contributed by atoms with Crippen LogP contribution < -0.4 is 5.32 Å². The number of rotatable bonds is 3. The molecule has 0 aliphatic carbocycles. The third-order valence-electron chi connectivity index (χ3n) is 3.68. The molecule has 3 rings (SSSR count). The summed E-state index contributed by atoms with van der Waals surface area (Å²) in [4.78, 5) is 12.8. The SMILES string of the molecule is Cc1ccccc1NC(=O)c1c(-c2c(Cl)cccc2Cl)noc1C. The van der Waals surface area contributed by atoms with Crippen LogP contribution in [0.2, 0.25) is 10.0 Å². The van der Waals surface area contributed by atoms with Crippen LogP contribution in [0.1, 0.15) is 21.7 Å². The predicted octanol–water partition coefficient (Wildman–Crippen LogP) is 5.52. The largest absolute Gasteiger partial charge is 0.360 e. The lowest BCUT2D eigenvalue weighted by molar-refractivity contribution is 0.102. The summed E-state index contributed by atoms with van der Waals surface area (Å²) in [5.74, 6) is 0.0705. The molecule has 0 fully saturated rings. The summed E-state index contributed by atoms with van der Waals surface area (Å²) in [6, 6.07) is 12.6. The van der Waals surface area contributed by atoms with E-state index in [2.05, 4.69) is 10.5 Å². The molecule has 0 saturated heterocycles. The molecule has 0 saturated carbocycles. The average molecular weight is 361 g/mol. The van der Waals surface area contributed by atoms with Gasteiger partial charge in [0, 0.05) is 11.3 Å². The van der Waals surface area contributed by atoms with Gasteiger partial charge in [-0.1, -0.05) is 52.6 Å². The lowest BCUT2D eigenvalue weighted by Crippen LogP contribution is -2.14. The molecule has 1 N–H and O–H groups in total. The van der Waals surface area contributed by atoms with Crippen LogP contribution >= 0.6 is 23.2 Å². The van der Waals surface area contributed by atoms with E-state index in [1.54, 1.807) is 25.1 Å². The Labute approximate surface area is 149 Å². The summed E-state index contributed by atoms with van der Waals surface area (Å²) in [7, 11) is 0. The van der Waals surface area contributed by atoms with Crippen LogP contribution in [0.15, 0.2) is 47.0 Å². The van der Waals surface area contributed by atoms with E-state index in [0.29, 0.717) is 32.6 Å². The maximum Gasteiger partial charge on any atom is 0.261 e. The third kappa shape index (κ3) is 3.03. The van der Waals surface area contributed by atoms with Crippen LogP contribution in [-0.4, -0.2) is 11.1 Å². The number of carbonyl (C=O) groups is 1. The number of para-hydroxylation sites is 1. The summed E-state index contributed by atoms with van der Waals surface area (Å²) < 4.78 is 5.22. The average Bonchev–Trinajstić information content (AvgIpc) is 2.91. The van der Waals surface area contributed by atoms with Crippen LogP contribution in [0.5, 0.6) is 0 Å². The van der Waals surface area contributed by atoms with Gasteiger partial charge < -0.3 is 9.84 Å². The van der Waals surface area contributed by atoms with Crippen LogP contribution in [0.3, 0.4) is 0 Å². The minimum Gasteiger partial charge on any atom is -0.360 e. The molecule has 0 radical (unpaired) electrons. The number of nitrogens with one attached hydrogen (secondary N) is 1. The molecule has 2 aromatic carbocycles. The van der Waals surface area contributed by atoms with E-state index in [0.717, 1.165) is 11.3 Å². The first-order valence-corrected chi connectivity index (χ1v) is 8.02. The van der Waals surface area contributed by atoms with Gasteiger partial charge >= 0.3 is 0 Å². The van der Waals surface area contributed by atoms with E-state index in [1.165, 1.54) is 0 Å². The zero-order chi connectivity index (χ0) is 17.3. The summed E-state index contributed by atoms with van der Waals surface area (Å²) in [6.07, 6.45) is 0. The van der Waals surface area contributed by atoms with E-state index in [-0.39, 0.29) is 5.91 Å². The minimum absolute atomic E-state index is 0.313. The fourth-order valence-electron chi connectivity index (χ4n) is 2.43. The summed E-state index contributed by atoms with van der Waals surface area (Å²) in [6.45, 7) is 3.59. The van der Waals surface area contributed by atoms with Gasteiger partial charge in [-0.25, -0.2) is 0 Å². The van der Waals surface area contributed by atoms with Crippen molar-refractivity contribution >= 4 is 34.8 Å². The van der Waals surface area contributed by atoms with Gasteiger partial charge in [-0.3, -0.25) is 4.79 Å². The number of halogens is 2. The van der Waals surface area contributed by atoms with Crippen molar-refractivity contribution in [2.45, 2.75) is 13.8 Å². The Bertz CT molecular complexity index is 899. The maximum absolute atomic E-state index is 12.8. The Morgan fingerprint density at radius 3 is 2.38 bits per heavy atom. The van der Waals surface area contributed by atoms with Gasteiger partial charge in [0.05, 0.1) is 10.0 Å². The summed E-state index contributed by atoms with van der Waals surface area (Å²) >= 11 is 12.5. The van der Waals surface area contributed by atoms with E-state index in [4.69, 9.17) is 27.7 Å². The van der Waals surface area contributed by atoms with Crippen molar-refractivity contribution in [1.82, 2.24) is 5.16 Å². The Morgan fingerprint density at radius 2 is 1.71 bits per heavy atom. The molecule has 1 amide bonds. The van der Waals surface area contributed by atoms with Crippen LogP contribution in [0, 0.1) is 13.8 Å². The van der Waals surface area contributed by atoms with E-state index in [9.17, 15) is 4.79 Å². The second kappa shape index (κ2) is 6.67. The van der Waals surface area contributed by atoms with Crippen LogP contribution in [-0.2, 0) is 0 Å². The molecule has 122 valence electrons. The van der Waals surface area contributed by atoms with Crippen LogP contribution in [0.25, 0.3) is 11.3 Å². The third-order valence-corrected chi connectivity index (χ3v) is 4.31. The van der Waals surface area contributed by atoms with Gasteiger partial charge in [-0.05, 0) is 37.6 Å². The first-order chi connectivity index (χ1) is 11.5. The monoisotopic (exact) mass is 360 g/mol. The molecule has 0 unspecified atom stereocenters. The Morgan fingerprint density at radius 1 is 1.04 bits per heavy atom. The Balaban J connectivity index is 2.05. The number of aromatic nitrogens is 1. The standard InChI is InChI=1S/C18H14Cl2N2O2/c1-10-6-3-4-9-14(10)21-18(23)15-11(2)24-22-17(15)16-12(19)7-5-8-13(16)20/h3-9H,1-2H3,(H,21,23). The zero-order valence-corrected chi connectivity index (χ0v) is 14.6. The molecule has 0 bridgehead atoms. The molecular weight excluding hydrogens is 347 g/mol. The van der Waals surface area contributed by atoms with Gasteiger partial charge in [0.15, 0.2) is 0 Å². The van der Waals surface area contributed by atoms with E-state index in [1.807, 2.05) is 31.2 Å². The lowest BCUT2D eigenvalue weighted by Gasteiger charge is -2.09. The predicted molar refractivity (Wildman–Crippen MR) is 95.8 cm³/mol. The molecule has 24 heavy (non-hydrogen) atoms. The highest BCUT2D eigenvalue weighted by Gasteiger charge is 2.25. The number of amides is 1. The van der Waals surface area contributed by atoms with Gasteiger partial charge in [-0.2, -0.15) is 0 Å². The highest BCUT2D eigenvalue weighted by molar-refractivity contribution is 6.39. The van der Waals surface area contributed by atoms with E-state index >= 15 is 0 Å². The molecule has 0 atom stereocenters. The highest BCUT2D eigenvalue weighted by atomic mass is 35.5. The smallest absolute Gasteiger partial charge is 0.261 e. The summed E-state index contributed by atoms with van der Waals surface area (Å²) in [5.41, 5.74) is 2.80. The fourth-order valence-corrected chi connectivity index (χ4v) is 3.01. The van der Waals surface area contributed by atoms with Gasteiger partial charge in [-0.15, -0.1) is 0 Å². The number of benzene rings is 2. The van der Waals surface area contributed by atoms with Crippen molar-refractivity contribution in [1.29, 1.82) is 0 Å². The number of aryl methyl sites for hydroxylation is 2. The topological polar surface area (TPSA) is 55.1 Å². The Hall–Kier alpha value is -2.30. The highest BCUT2D eigenvalue weighted by Crippen LogP contribution is 2.37. The van der Waals surface area contributed by atoms with Crippen molar-refractivity contribution in [2.75, 3.05) is 5.32 Å². The molecule has 3 aromatic rings. The minimum atomic E-state index is -0.325. The van der Waals surface area contributed by atoms with Crippen molar-refractivity contribution in [3.05, 3.63) is 69.4 Å². The number of nitrogens with zero attached hydrogens (tertiary/aromatic N) is 1. The van der Waals surface area contributed by atoms with Crippen molar-refractivity contribution in [2.24, 2.45) is 0 Å². The Kier molecular flexibility index (Phi) is 4.60. The quantitative estimate of drug-likeness (QED) is 0.669. The molecule has 0 aliphatic heterocycles. The number of carbonyl (C=O) groups excluding carboxylic acids is 1. The molecule has 6 heteroatoms. The first kappa shape index (κ1) is 16.6. The maximum atomic E-state index is 12.8. The molecule has 4 nitrogen and oxygen atoms in total. The van der Waals surface area contributed by atoms with Gasteiger partial charge in [0.25, 0.3) is 5.91 Å². The summed E-state index contributed by atoms with van der Waals surface area (Å²) in [5, 5.41) is 7.67. The van der Waals surface area contributed by atoms with Gasteiger partial charge in [0.1, 0.15) is 17.0 Å². The first-order valence-electron chi connectivity index (χ1n) is 7.26. The molecule has 1 heterocycles. The normalized spacial score (nSPS) is 10.7. The lowest BCUT2D eigenvalue weighted by atomic mass is 10.0. The molecular formula is C18H14Cl2N2O2. The number of anilines is 1. The second-order valence-electron chi connectivity index (χ2n) is 5.33. The molecule has 0 spiro atoms. The van der Waals surface area contributed by atoms with Gasteiger partial charge in [0.2, 0.25) is 0 Å².